The number of hydrogen-bond acceptors (Lipinski definition) is 4. The molecule has 0 saturated heterocycles. The third-order valence-electron chi connectivity index (χ3n) is 1.93. The average molecular weight is 297 g/mol. The van der Waals surface area contributed by atoms with Gasteiger partial charge in [0, 0.05) is 41.5 Å². The summed E-state index contributed by atoms with van der Waals surface area (Å²) in [4.78, 5) is 9.98. The molecule has 5 nitrogen and oxygen atoms in total. The summed E-state index contributed by atoms with van der Waals surface area (Å²) in [5, 5.41) is 13.8. The van der Waals surface area contributed by atoms with Gasteiger partial charge < -0.3 is 5.32 Å². The molecule has 0 amide bonds. The van der Waals surface area contributed by atoms with Crippen molar-refractivity contribution in [2.45, 2.75) is 0 Å². The third kappa shape index (κ3) is 4.14. The van der Waals surface area contributed by atoms with E-state index in [0.29, 0.717) is 18.0 Å². The lowest BCUT2D eigenvalue weighted by molar-refractivity contribution is -0.384. The summed E-state index contributed by atoms with van der Waals surface area (Å²) in [6, 6.07) is 2.44. The van der Waals surface area contributed by atoms with Gasteiger partial charge in [-0.05, 0) is 0 Å². The zero-order chi connectivity index (χ0) is 13.0. The topological polar surface area (TPSA) is 72.2 Å². The Balaban J connectivity index is 2.86. The van der Waals surface area contributed by atoms with Crippen molar-refractivity contribution in [1.82, 2.24) is 0 Å². The van der Waals surface area contributed by atoms with Crippen LogP contribution in [-0.4, -0.2) is 27.7 Å². The lowest BCUT2D eigenvalue weighted by Crippen LogP contribution is -2.10. The van der Waals surface area contributed by atoms with Crippen molar-refractivity contribution in [2.75, 3.05) is 23.9 Å². The summed E-state index contributed by atoms with van der Waals surface area (Å²) in [7, 11) is -0.921. The predicted octanol–water partition coefficient (Wildman–Crippen LogP) is 2.69. The molecule has 0 fully saturated rings. The Morgan fingerprint density at radius 2 is 1.94 bits per heavy atom. The van der Waals surface area contributed by atoms with Crippen molar-refractivity contribution in [3.63, 3.8) is 0 Å². The Morgan fingerprint density at radius 1 is 1.41 bits per heavy atom. The first-order chi connectivity index (χ1) is 7.91. The summed E-state index contributed by atoms with van der Waals surface area (Å²) in [5.41, 5.74) is 0.258. The minimum Gasteiger partial charge on any atom is -0.382 e. The normalized spacial score (nSPS) is 12.2. The highest BCUT2D eigenvalue weighted by Gasteiger charge is 2.14. The van der Waals surface area contributed by atoms with Gasteiger partial charge in [0.15, 0.2) is 0 Å². The second kappa shape index (κ2) is 6.18. The van der Waals surface area contributed by atoms with Crippen molar-refractivity contribution in [3.8, 4) is 0 Å². The van der Waals surface area contributed by atoms with Crippen LogP contribution >= 0.6 is 23.2 Å². The summed E-state index contributed by atoms with van der Waals surface area (Å²) >= 11 is 11.7. The molecule has 1 rings (SSSR count). The van der Waals surface area contributed by atoms with E-state index in [0.717, 1.165) is 0 Å². The molecule has 1 atom stereocenters. The van der Waals surface area contributed by atoms with Crippen LogP contribution in [0, 0.1) is 10.1 Å². The number of hydrogen-bond donors (Lipinski definition) is 1. The molecule has 0 aliphatic heterocycles. The van der Waals surface area contributed by atoms with Crippen molar-refractivity contribution in [2.24, 2.45) is 0 Å². The van der Waals surface area contributed by atoms with Gasteiger partial charge >= 0.3 is 0 Å². The molecule has 0 spiro atoms. The number of nitrogens with zero attached hydrogens (tertiary/aromatic N) is 1. The van der Waals surface area contributed by atoms with Crippen molar-refractivity contribution in [3.05, 3.63) is 32.3 Å². The molecule has 1 aromatic carbocycles. The second-order valence-corrected chi connectivity index (χ2v) is 5.61. The molecule has 0 aliphatic carbocycles. The molecule has 1 unspecified atom stereocenters. The van der Waals surface area contributed by atoms with Crippen LogP contribution in [-0.2, 0) is 10.8 Å². The first-order valence-corrected chi connectivity index (χ1v) is 7.07. The fourth-order valence-corrected chi connectivity index (χ4v) is 2.15. The molecule has 0 aromatic heterocycles. The maximum Gasteiger partial charge on any atom is 0.272 e. The molecule has 17 heavy (non-hydrogen) atoms. The second-order valence-electron chi connectivity index (χ2n) is 3.25. The van der Waals surface area contributed by atoms with Crippen molar-refractivity contribution in [1.29, 1.82) is 0 Å². The third-order valence-corrected chi connectivity index (χ3v) is 3.30. The van der Waals surface area contributed by atoms with E-state index in [-0.39, 0.29) is 15.7 Å². The van der Waals surface area contributed by atoms with Crippen molar-refractivity contribution >= 4 is 45.4 Å². The number of nitrogens with one attached hydrogen (secondary N) is 1. The molecular formula is C9H10Cl2N2O3S. The van der Waals surface area contributed by atoms with E-state index in [9.17, 15) is 14.3 Å². The van der Waals surface area contributed by atoms with E-state index in [2.05, 4.69) is 5.32 Å². The molecule has 0 radical (unpaired) electrons. The number of halogens is 2. The van der Waals surface area contributed by atoms with Gasteiger partial charge in [-0.1, -0.05) is 23.2 Å². The van der Waals surface area contributed by atoms with Gasteiger partial charge in [-0.25, -0.2) is 0 Å². The lowest BCUT2D eigenvalue weighted by atomic mass is 10.3. The van der Waals surface area contributed by atoms with Crippen LogP contribution in [0.3, 0.4) is 0 Å². The Kier molecular flexibility index (Phi) is 5.17. The number of rotatable bonds is 5. The van der Waals surface area contributed by atoms with E-state index in [1.54, 1.807) is 6.26 Å². The van der Waals surface area contributed by atoms with Gasteiger partial charge in [0.25, 0.3) is 5.69 Å². The molecule has 94 valence electrons. The van der Waals surface area contributed by atoms with E-state index < -0.39 is 15.7 Å². The summed E-state index contributed by atoms with van der Waals surface area (Å²) < 4.78 is 10.9. The Hall–Kier alpha value is -0.850. The maximum atomic E-state index is 10.9. The summed E-state index contributed by atoms with van der Waals surface area (Å²) in [6.45, 7) is 0.431. The van der Waals surface area contributed by atoms with Gasteiger partial charge in [0.1, 0.15) is 0 Å². The highest BCUT2D eigenvalue weighted by atomic mass is 35.5. The van der Waals surface area contributed by atoms with Gasteiger partial charge in [-0.15, -0.1) is 0 Å². The van der Waals surface area contributed by atoms with Gasteiger partial charge in [-0.2, -0.15) is 0 Å². The van der Waals surface area contributed by atoms with E-state index in [1.165, 1.54) is 12.1 Å². The van der Waals surface area contributed by atoms with Crippen LogP contribution < -0.4 is 5.32 Å². The predicted molar refractivity (Wildman–Crippen MR) is 70.5 cm³/mol. The molecule has 0 bridgehead atoms. The number of nitro groups is 1. The van der Waals surface area contributed by atoms with Crippen LogP contribution in [0.15, 0.2) is 12.1 Å². The number of benzene rings is 1. The van der Waals surface area contributed by atoms with E-state index in [1.807, 2.05) is 0 Å². The number of non-ortho nitro benzene ring substituents is 1. The van der Waals surface area contributed by atoms with Crippen LogP contribution in [0.25, 0.3) is 0 Å². The Bertz CT molecular complexity index is 445. The minimum atomic E-state index is -0.921. The van der Waals surface area contributed by atoms with E-state index in [4.69, 9.17) is 23.2 Å². The van der Waals surface area contributed by atoms with Crippen LogP contribution in [0.5, 0.6) is 0 Å². The van der Waals surface area contributed by atoms with Crippen LogP contribution in [0.1, 0.15) is 0 Å². The van der Waals surface area contributed by atoms with Gasteiger partial charge in [-0.3, -0.25) is 14.3 Å². The quantitative estimate of drug-likeness (QED) is 0.670. The number of anilines is 1. The summed E-state index contributed by atoms with van der Waals surface area (Å²) in [6.07, 6.45) is 1.58. The molecule has 0 saturated carbocycles. The first kappa shape index (κ1) is 14.2. The highest BCUT2D eigenvalue weighted by Crippen LogP contribution is 2.34. The molecule has 1 aromatic rings. The monoisotopic (exact) mass is 296 g/mol. The van der Waals surface area contributed by atoms with Crippen LogP contribution in [0.4, 0.5) is 11.4 Å². The van der Waals surface area contributed by atoms with Crippen molar-refractivity contribution < 1.29 is 9.13 Å². The average Bonchev–Trinajstić information content (AvgIpc) is 2.21. The first-order valence-electron chi connectivity index (χ1n) is 4.59. The SMILES string of the molecule is CS(=O)CCNc1c(Cl)cc([N+](=O)[O-])cc1Cl. The van der Waals surface area contributed by atoms with Gasteiger partial charge in [0.2, 0.25) is 0 Å². The summed E-state index contributed by atoms with van der Waals surface area (Å²) in [5.74, 6) is 0.448. The standard InChI is InChI=1S/C9H10Cl2N2O3S/c1-17(16)3-2-12-9-7(10)4-6(13(14)15)5-8(9)11/h4-5,12H,2-3H2,1H3. The Labute approximate surface area is 111 Å². The zero-order valence-electron chi connectivity index (χ0n) is 8.91. The molecule has 0 aliphatic rings. The fourth-order valence-electron chi connectivity index (χ4n) is 1.15. The van der Waals surface area contributed by atoms with E-state index >= 15 is 0 Å². The molecule has 8 heteroatoms. The molecule has 1 N–H and O–H groups in total. The minimum absolute atomic E-state index is 0.162. The molecular weight excluding hydrogens is 287 g/mol. The molecule has 0 heterocycles. The highest BCUT2D eigenvalue weighted by molar-refractivity contribution is 7.84. The zero-order valence-corrected chi connectivity index (χ0v) is 11.2. The smallest absolute Gasteiger partial charge is 0.272 e. The fraction of sp³-hybridized carbons (Fsp3) is 0.333. The largest absolute Gasteiger partial charge is 0.382 e. The lowest BCUT2D eigenvalue weighted by Gasteiger charge is -2.09. The van der Waals surface area contributed by atoms with Gasteiger partial charge in [0.05, 0.1) is 20.7 Å². The number of nitro benzene ring substituents is 1. The van der Waals surface area contributed by atoms with Crippen LogP contribution in [0.2, 0.25) is 10.0 Å². The maximum absolute atomic E-state index is 10.9. The Morgan fingerprint density at radius 3 is 2.35 bits per heavy atom.